The number of rotatable bonds is 2. The molecule has 0 spiro atoms. The summed E-state index contributed by atoms with van der Waals surface area (Å²) < 4.78 is 3.75. The molecule has 0 bridgehead atoms. The maximum absolute atomic E-state index is 5.71. The number of nitrogens with zero attached hydrogens (tertiary/aromatic N) is 4. The molecule has 1 unspecified atom stereocenters. The van der Waals surface area contributed by atoms with Crippen LogP contribution in [0, 0.1) is 0 Å². The Kier molecular flexibility index (Phi) is 2.47. The summed E-state index contributed by atoms with van der Waals surface area (Å²) in [7, 11) is 0. The lowest BCUT2D eigenvalue weighted by Gasteiger charge is -2.04. The fourth-order valence-corrected chi connectivity index (χ4v) is 1.45. The fourth-order valence-electron chi connectivity index (χ4n) is 1.01. The van der Waals surface area contributed by atoms with Crippen molar-refractivity contribution >= 4 is 11.5 Å². The lowest BCUT2D eigenvalue weighted by atomic mass is 10.2. The average Bonchev–Trinajstić information content (AvgIpc) is 2.71. The van der Waals surface area contributed by atoms with E-state index in [0.717, 1.165) is 5.69 Å². The van der Waals surface area contributed by atoms with Gasteiger partial charge in [-0.25, -0.2) is 9.97 Å². The molecule has 0 aliphatic heterocycles. The number of hydrogen-bond acceptors (Lipinski definition) is 6. The zero-order valence-corrected chi connectivity index (χ0v) is 8.40. The number of nitrogens with two attached hydrogens (primary N) is 1. The molecular formula is C8H9N5S. The molecular weight excluding hydrogens is 198 g/mol. The SMILES string of the molecule is CC(N)c1ccnc(-c2csnn2)n1. The molecule has 6 heteroatoms. The van der Waals surface area contributed by atoms with Crippen LogP contribution in [0.4, 0.5) is 0 Å². The van der Waals surface area contributed by atoms with Gasteiger partial charge in [0.15, 0.2) is 5.82 Å². The van der Waals surface area contributed by atoms with E-state index < -0.39 is 0 Å². The van der Waals surface area contributed by atoms with Crippen LogP contribution in [0.1, 0.15) is 18.7 Å². The van der Waals surface area contributed by atoms with Crippen molar-refractivity contribution in [1.82, 2.24) is 19.6 Å². The van der Waals surface area contributed by atoms with Crippen LogP contribution in [-0.2, 0) is 0 Å². The molecule has 0 radical (unpaired) electrons. The van der Waals surface area contributed by atoms with Crippen molar-refractivity contribution in [3.63, 3.8) is 0 Å². The van der Waals surface area contributed by atoms with Gasteiger partial charge in [0.05, 0.1) is 5.69 Å². The van der Waals surface area contributed by atoms with Gasteiger partial charge in [0.2, 0.25) is 0 Å². The van der Waals surface area contributed by atoms with E-state index in [2.05, 4.69) is 19.6 Å². The Morgan fingerprint density at radius 3 is 3.00 bits per heavy atom. The van der Waals surface area contributed by atoms with E-state index in [1.807, 2.05) is 6.92 Å². The van der Waals surface area contributed by atoms with Crippen LogP contribution in [0.3, 0.4) is 0 Å². The van der Waals surface area contributed by atoms with Crippen molar-refractivity contribution in [1.29, 1.82) is 0 Å². The second-order valence-electron chi connectivity index (χ2n) is 2.88. The zero-order valence-electron chi connectivity index (χ0n) is 7.58. The van der Waals surface area contributed by atoms with Gasteiger partial charge in [-0.3, -0.25) is 0 Å². The van der Waals surface area contributed by atoms with Gasteiger partial charge in [0, 0.05) is 17.6 Å². The molecule has 0 aliphatic carbocycles. The lowest BCUT2D eigenvalue weighted by Crippen LogP contribution is -2.08. The standard InChI is InChI=1S/C8H9N5S/c1-5(9)6-2-3-10-8(11-6)7-4-14-13-12-7/h2-5H,9H2,1H3. The number of hydrogen-bond donors (Lipinski definition) is 1. The summed E-state index contributed by atoms with van der Waals surface area (Å²) in [5, 5.41) is 5.70. The minimum absolute atomic E-state index is 0.0941. The molecule has 2 heterocycles. The maximum Gasteiger partial charge on any atom is 0.181 e. The first-order chi connectivity index (χ1) is 6.77. The van der Waals surface area contributed by atoms with Crippen LogP contribution in [0.5, 0.6) is 0 Å². The Bertz CT molecular complexity index is 411. The van der Waals surface area contributed by atoms with E-state index in [-0.39, 0.29) is 6.04 Å². The molecule has 0 fully saturated rings. The van der Waals surface area contributed by atoms with Crippen LogP contribution < -0.4 is 5.73 Å². The summed E-state index contributed by atoms with van der Waals surface area (Å²) in [6.07, 6.45) is 1.68. The molecule has 0 amide bonds. The monoisotopic (exact) mass is 207 g/mol. The number of aromatic nitrogens is 4. The summed E-state index contributed by atoms with van der Waals surface area (Å²) >= 11 is 1.28. The molecule has 2 N–H and O–H groups in total. The van der Waals surface area contributed by atoms with Crippen molar-refractivity contribution in [2.75, 3.05) is 0 Å². The van der Waals surface area contributed by atoms with Gasteiger partial charge in [-0.05, 0) is 24.5 Å². The van der Waals surface area contributed by atoms with E-state index >= 15 is 0 Å². The quantitative estimate of drug-likeness (QED) is 0.795. The van der Waals surface area contributed by atoms with Gasteiger partial charge < -0.3 is 5.73 Å². The Morgan fingerprint density at radius 2 is 2.36 bits per heavy atom. The van der Waals surface area contributed by atoms with Gasteiger partial charge in [-0.15, -0.1) is 5.10 Å². The summed E-state index contributed by atoms with van der Waals surface area (Å²) in [6.45, 7) is 1.88. The predicted molar refractivity (Wildman–Crippen MR) is 53.5 cm³/mol. The first-order valence-electron chi connectivity index (χ1n) is 4.13. The topological polar surface area (TPSA) is 77.6 Å². The van der Waals surface area contributed by atoms with Crippen molar-refractivity contribution in [3.8, 4) is 11.5 Å². The summed E-state index contributed by atoms with van der Waals surface area (Å²) in [5.74, 6) is 0.577. The Labute approximate surface area is 85.2 Å². The largest absolute Gasteiger partial charge is 0.323 e. The molecule has 1 atom stereocenters. The van der Waals surface area contributed by atoms with Crippen molar-refractivity contribution < 1.29 is 0 Å². The van der Waals surface area contributed by atoms with Crippen molar-refractivity contribution in [2.45, 2.75) is 13.0 Å². The molecule has 2 aromatic heterocycles. The van der Waals surface area contributed by atoms with Crippen LogP contribution in [0.2, 0.25) is 0 Å². The van der Waals surface area contributed by atoms with E-state index in [9.17, 15) is 0 Å². The van der Waals surface area contributed by atoms with E-state index in [1.165, 1.54) is 11.5 Å². The molecule has 0 saturated carbocycles. The predicted octanol–water partition coefficient (Wildman–Crippen LogP) is 1.01. The van der Waals surface area contributed by atoms with Gasteiger partial charge in [-0.2, -0.15) is 0 Å². The third-order valence-electron chi connectivity index (χ3n) is 1.73. The van der Waals surface area contributed by atoms with E-state index in [0.29, 0.717) is 11.5 Å². The Morgan fingerprint density at radius 1 is 1.50 bits per heavy atom. The molecule has 72 valence electrons. The molecule has 0 aromatic carbocycles. The highest BCUT2D eigenvalue weighted by Gasteiger charge is 2.07. The highest BCUT2D eigenvalue weighted by molar-refractivity contribution is 7.03. The molecule has 5 nitrogen and oxygen atoms in total. The van der Waals surface area contributed by atoms with Crippen LogP contribution >= 0.6 is 11.5 Å². The van der Waals surface area contributed by atoms with Crippen LogP contribution in [0.15, 0.2) is 17.6 Å². The van der Waals surface area contributed by atoms with Crippen LogP contribution in [0.25, 0.3) is 11.5 Å². The lowest BCUT2D eigenvalue weighted by molar-refractivity contribution is 0.776. The molecule has 2 aromatic rings. The Balaban J connectivity index is 2.41. The van der Waals surface area contributed by atoms with Gasteiger partial charge in [0.1, 0.15) is 5.69 Å². The second-order valence-corrected chi connectivity index (χ2v) is 3.49. The molecule has 0 saturated heterocycles. The van der Waals surface area contributed by atoms with Crippen molar-refractivity contribution in [2.24, 2.45) is 5.73 Å². The minimum Gasteiger partial charge on any atom is -0.323 e. The first kappa shape index (κ1) is 9.17. The van der Waals surface area contributed by atoms with Gasteiger partial charge in [0.25, 0.3) is 0 Å². The second kappa shape index (κ2) is 3.77. The van der Waals surface area contributed by atoms with E-state index in [1.54, 1.807) is 17.6 Å². The fraction of sp³-hybridized carbons (Fsp3) is 0.250. The minimum atomic E-state index is -0.0941. The first-order valence-corrected chi connectivity index (χ1v) is 4.97. The normalized spacial score (nSPS) is 12.7. The van der Waals surface area contributed by atoms with Gasteiger partial charge >= 0.3 is 0 Å². The maximum atomic E-state index is 5.71. The summed E-state index contributed by atoms with van der Waals surface area (Å²) in [6, 6.07) is 1.71. The Hall–Kier alpha value is -1.40. The van der Waals surface area contributed by atoms with Crippen molar-refractivity contribution in [3.05, 3.63) is 23.3 Å². The van der Waals surface area contributed by atoms with E-state index in [4.69, 9.17) is 5.73 Å². The molecule has 0 aliphatic rings. The third kappa shape index (κ3) is 1.75. The molecule has 2 rings (SSSR count). The van der Waals surface area contributed by atoms with Crippen LogP contribution in [-0.4, -0.2) is 19.6 Å². The highest BCUT2D eigenvalue weighted by atomic mass is 32.1. The molecule has 14 heavy (non-hydrogen) atoms. The smallest absolute Gasteiger partial charge is 0.181 e. The average molecular weight is 207 g/mol. The summed E-state index contributed by atoms with van der Waals surface area (Å²) in [5.41, 5.74) is 7.21. The summed E-state index contributed by atoms with van der Waals surface area (Å²) in [4.78, 5) is 8.38. The third-order valence-corrected chi connectivity index (χ3v) is 2.24. The zero-order chi connectivity index (χ0) is 9.97. The van der Waals surface area contributed by atoms with Gasteiger partial charge in [-0.1, -0.05) is 4.49 Å². The highest BCUT2D eigenvalue weighted by Crippen LogP contribution is 2.14.